The average molecular weight is 341 g/mol. The highest BCUT2D eigenvalue weighted by Gasteiger charge is 2.16. The lowest BCUT2D eigenvalue weighted by Crippen LogP contribution is -2.22. The Morgan fingerprint density at radius 2 is 2.11 bits per heavy atom. The monoisotopic (exact) mass is 340 g/mol. The summed E-state index contributed by atoms with van der Waals surface area (Å²) < 4.78 is 0.976. The van der Waals surface area contributed by atoms with Gasteiger partial charge in [-0.15, -0.1) is 5.10 Å². The van der Waals surface area contributed by atoms with Crippen LogP contribution in [0.3, 0.4) is 0 Å². The van der Waals surface area contributed by atoms with E-state index < -0.39 is 0 Å². The summed E-state index contributed by atoms with van der Waals surface area (Å²) >= 11 is 4.67. The number of halogens is 1. The average Bonchev–Trinajstić information content (AvgIpc) is 2.77. The second kappa shape index (κ2) is 6.21. The number of H-pyrrole nitrogens is 1. The molecule has 0 bridgehead atoms. The Balaban J connectivity index is 1.94. The first-order chi connectivity index (χ1) is 9.04. The predicted octanol–water partition coefficient (Wildman–Crippen LogP) is 2.99. The molecule has 2 rings (SSSR count). The summed E-state index contributed by atoms with van der Waals surface area (Å²) in [6, 6.07) is 7.45. The first-order valence-electron chi connectivity index (χ1n) is 5.66. The Kier molecular flexibility index (Phi) is 4.60. The van der Waals surface area contributed by atoms with Gasteiger partial charge in [-0.2, -0.15) is 0 Å². The smallest absolute Gasteiger partial charge is 0.237 e. The number of thioether (sulfide) groups is 1. The van der Waals surface area contributed by atoms with E-state index in [1.165, 1.54) is 11.8 Å². The van der Waals surface area contributed by atoms with Crippen LogP contribution in [0.2, 0.25) is 0 Å². The number of hydrogen-bond donors (Lipinski definition) is 2. The van der Waals surface area contributed by atoms with Gasteiger partial charge in [-0.25, -0.2) is 4.98 Å². The van der Waals surface area contributed by atoms with Crippen molar-refractivity contribution in [2.45, 2.75) is 24.3 Å². The molecule has 1 amide bonds. The van der Waals surface area contributed by atoms with Crippen molar-refractivity contribution in [2.75, 3.05) is 5.32 Å². The molecule has 7 heteroatoms. The van der Waals surface area contributed by atoms with Gasteiger partial charge in [0.15, 0.2) is 0 Å². The number of carbonyl (C=O) groups is 1. The fraction of sp³-hybridized carbons (Fsp3) is 0.250. The van der Waals surface area contributed by atoms with Gasteiger partial charge in [0, 0.05) is 10.2 Å². The van der Waals surface area contributed by atoms with Gasteiger partial charge in [-0.1, -0.05) is 27.7 Å². The molecule has 5 nitrogen and oxygen atoms in total. The number of rotatable bonds is 4. The van der Waals surface area contributed by atoms with Crippen molar-refractivity contribution in [1.29, 1.82) is 0 Å². The molecule has 0 saturated carbocycles. The van der Waals surface area contributed by atoms with Crippen molar-refractivity contribution in [3.8, 4) is 0 Å². The molecule has 2 aromatic rings. The van der Waals surface area contributed by atoms with Gasteiger partial charge < -0.3 is 5.32 Å². The Bertz CT molecular complexity index is 569. The molecule has 1 unspecified atom stereocenters. The van der Waals surface area contributed by atoms with E-state index >= 15 is 0 Å². The van der Waals surface area contributed by atoms with E-state index in [9.17, 15) is 4.79 Å². The predicted molar refractivity (Wildman–Crippen MR) is 79.2 cm³/mol. The Morgan fingerprint density at radius 1 is 1.42 bits per heavy atom. The van der Waals surface area contributed by atoms with Crippen molar-refractivity contribution in [3.63, 3.8) is 0 Å². The molecular weight excluding hydrogens is 328 g/mol. The topological polar surface area (TPSA) is 70.7 Å². The van der Waals surface area contributed by atoms with E-state index in [2.05, 4.69) is 36.4 Å². The molecule has 2 N–H and O–H groups in total. The van der Waals surface area contributed by atoms with Crippen LogP contribution < -0.4 is 5.32 Å². The molecule has 0 aliphatic carbocycles. The van der Waals surface area contributed by atoms with Crippen LogP contribution in [0.1, 0.15) is 12.7 Å². The number of nitrogens with one attached hydrogen (secondary N) is 2. The number of carbonyl (C=O) groups excluding carboxylic acids is 1. The van der Waals surface area contributed by atoms with Crippen LogP contribution in [-0.2, 0) is 4.79 Å². The number of aromatic nitrogens is 3. The maximum Gasteiger partial charge on any atom is 0.237 e. The number of aryl methyl sites for hydroxylation is 1. The van der Waals surface area contributed by atoms with Crippen molar-refractivity contribution in [2.24, 2.45) is 0 Å². The minimum Gasteiger partial charge on any atom is -0.325 e. The van der Waals surface area contributed by atoms with E-state index in [-0.39, 0.29) is 11.2 Å². The highest BCUT2D eigenvalue weighted by atomic mass is 79.9. The van der Waals surface area contributed by atoms with Crippen LogP contribution in [0.4, 0.5) is 5.69 Å². The molecule has 0 radical (unpaired) electrons. The van der Waals surface area contributed by atoms with Gasteiger partial charge in [-0.3, -0.25) is 9.89 Å². The summed E-state index contributed by atoms with van der Waals surface area (Å²) in [7, 11) is 0. The molecule has 1 aromatic carbocycles. The van der Waals surface area contributed by atoms with Gasteiger partial charge in [-0.05, 0) is 38.1 Å². The second-order valence-corrected chi connectivity index (χ2v) is 6.18. The van der Waals surface area contributed by atoms with Crippen LogP contribution in [0.15, 0.2) is 33.9 Å². The summed E-state index contributed by atoms with van der Waals surface area (Å²) in [6.45, 7) is 3.65. The third-order valence-electron chi connectivity index (χ3n) is 2.34. The number of anilines is 1. The van der Waals surface area contributed by atoms with Crippen molar-refractivity contribution in [3.05, 3.63) is 34.6 Å². The number of benzene rings is 1. The first-order valence-corrected chi connectivity index (χ1v) is 7.34. The van der Waals surface area contributed by atoms with Crippen molar-refractivity contribution >= 4 is 39.3 Å². The van der Waals surface area contributed by atoms with Gasteiger partial charge in [0.1, 0.15) is 5.82 Å². The normalized spacial score (nSPS) is 12.2. The third kappa shape index (κ3) is 4.07. The molecule has 1 heterocycles. The lowest BCUT2D eigenvalue weighted by molar-refractivity contribution is -0.115. The third-order valence-corrected chi connectivity index (χ3v) is 3.83. The maximum atomic E-state index is 12.0. The molecule has 1 atom stereocenters. The van der Waals surface area contributed by atoms with Crippen molar-refractivity contribution in [1.82, 2.24) is 15.2 Å². The van der Waals surface area contributed by atoms with Crippen LogP contribution in [0, 0.1) is 6.92 Å². The zero-order chi connectivity index (χ0) is 13.8. The summed E-state index contributed by atoms with van der Waals surface area (Å²) in [5.41, 5.74) is 0.770. The highest BCUT2D eigenvalue weighted by Crippen LogP contribution is 2.21. The molecule has 1 aromatic heterocycles. The summed E-state index contributed by atoms with van der Waals surface area (Å²) in [4.78, 5) is 16.2. The number of nitrogens with zero attached hydrogens (tertiary/aromatic N) is 2. The largest absolute Gasteiger partial charge is 0.325 e. The van der Waals surface area contributed by atoms with E-state index in [0.29, 0.717) is 5.16 Å². The fourth-order valence-corrected chi connectivity index (χ4v) is 2.40. The molecule has 100 valence electrons. The van der Waals surface area contributed by atoms with E-state index in [0.717, 1.165) is 16.0 Å². The first kappa shape index (κ1) is 14.1. The van der Waals surface area contributed by atoms with E-state index in [1.807, 2.05) is 38.1 Å². The zero-order valence-electron chi connectivity index (χ0n) is 10.5. The number of hydrogen-bond acceptors (Lipinski definition) is 4. The van der Waals surface area contributed by atoms with E-state index in [1.54, 1.807) is 0 Å². The minimum absolute atomic E-state index is 0.0743. The van der Waals surface area contributed by atoms with Gasteiger partial charge >= 0.3 is 0 Å². The van der Waals surface area contributed by atoms with Crippen molar-refractivity contribution < 1.29 is 4.79 Å². The minimum atomic E-state index is -0.265. The highest BCUT2D eigenvalue weighted by molar-refractivity contribution is 9.10. The molecule has 0 aliphatic heterocycles. The zero-order valence-corrected chi connectivity index (χ0v) is 12.9. The summed E-state index contributed by atoms with van der Waals surface area (Å²) in [5.74, 6) is 0.665. The molecular formula is C12H13BrN4OS. The molecule has 0 fully saturated rings. The standard InChI is InChI=1S/C12H13BrN4OS/c1-7(19-12-14-8(2)16-17-12)11(18)15-10-5-3-9(13)4-6-10/h3-7H,1-2H3,(H,15,18)(H,14,16,17). The van der Waals surface area contributed by atoms with Crippen LogP contribution in [-0.4, -0.2) is 26.3 Å². The quantitative estimate of drug-likeness (QED) is 0.839. The number of aromatic amines is 1. The van der Waals surface area contributed by atoms with Gasteiger partial charge in [0.25, 0.3) is 0 Å². The van der Waals surface area contributed by atoms with E-state index in [4.69, 9.17) is 0 Å². The van der Waals surface area contributed by atoms with Crippen LogP contribution in [0.25, 0.3) is 0 Å². The molecule has 19 heavy (non-hydrogen) atoms. The lowest BCUT2D eigenvalue weighted by Gasteiger charge is -2.10. The molecule has 0 aliphatic rings. The Labute approximate surface area is 123 Å². The Hall–Kier alpha value is -1.34. The van der Waals surface area contributed by atoms with Crippen LogP contribution >= 0.6 is 27.7 Å². The summed E-state index contributed by atoms with van der Waals surface area (Å²) in [6.07, 6.45) is 0. The van der Waals surface area contributed by atoms with Gasteiger partial charge in [0.05, 0.1) is 5.25 Å². The van der Waals surface area contributed by atoms with Crippen LogP contribution in [0.5, 0.6) is 0 Å². The SMILES string of the molecule is Cc1nc(SC(C)C(=O)Nc2ccc(Br)cc2)n[nH]1. The fourth-order valence-electron chi connectivity index (χ4n) is 1.36. The maximum absolute atomic E-state index is 12.0. The number of amides is 1. The van der Waals surface area contributed by atoms with Gasteiger partial charge in [0.2, 0.25) is 11.1 Å². The second-order valence-electron chi connectivity index (χ2n) is 3.96. The molecule has 0 saturated heterocycles. The summed E-state index contributed by atoms with van der Waals surface area (Å²) in [5, 5.41) is 9.91. The molecule has 0 spiro atoms. The Morgan fingerprint density at radius 3 is 2.68 bits per heavy atom. The lowest BCUT2D eigenvalue weighted by atomic mass is 10.3.